The highest BCUT2D eigenvalue weighted by atomic mass is 16.5. The van der Waals surface area contributed by atoms with Crippen molar-refractivity contribution in [1.29, 1.82) is 0 Å². The Morgan fingerprint density at radius 2 is 1.88 bits per heavy atom. The van der Waals surface area contributed by atoms with Crippen LogP contribution in [0.2, 0.25) is 0 Å². The fourth-order valence-electron chi connectivity index (χ4n) is 3.08. The summed E-state index contributed by atoms with van der Waals surface area (Å²) in [5.74, 6) is 1.02. The van der Waals surface area contributed by atoms with Crippen molar-refractivity contribution >= 4 is 0 Å². The highest BCUT2D eigenvalue weighted by Crippen LogP contribution is 2.40. The summed E-state index contributed by atoms with van der Waals surface area (Å²) in [6.45, 7) is 3.20. The van der Waals surface area contributed by atoms with E-state index in [-0.39, 0.29) is 5.54 Å². The Bertz CT molecular complexity index is 350. The van der Waals surface area contributed by atoms with E-state index in [2.05, 4.69) is 30.4 Å². The van der Waals surface area contributed by atoms with Gasteiger partial charge in [0.05, 0.1) is 7.11 Å². The monoisotopic (exact) mass is 233 g/mol. The molecule has 1 aromatic carbocycles. The second kappa shape index (κ2) is 5.54. The summed E-state index contributed by atoms with van der Waals surface area (Å²) in [5.41, 5.74) is 1.48. The molecule has 0 saturated heterocycles. The molecule has 0 bridgehead atoms. The van der Waals surface area contributed by atoms with Gasteiger partial charge in [-0.15, -0.1) is 0 Å². The first kappa shape index (κ1) is 12.4. The van der Waals surface area contributed by atoms with Crippen molar-refractivity contribution in [2.24, 2.45) is 0 Å². The summed E-state index contributed by atoms with van der Waals surface area (Å²) in [4.78, 5) is 0. The normalized spacial score (nSPS) is 18.9. The van der Waals surface area contributed by atoms with Gasteiger partial charge in [-0.3, -0.25) is 0 Å². The van der Waals surface area contributed by atoms with E-state index < -0.39 is 0 Å². The van der Waals surface area contributed by atoms with Crippen LogP contribution in [0.3, 0.4) is 0 Å². The van der Waals surface area contributed by atoms with Crippen molar-refractivity contribution < 1.29 is 4.74 Å². The van der Waals surface area contributed by atoms with Gasteiger partial charge in [0.1, 0.15) is 5.75 Å². The first-order valence-electron chi connectivity index (χ1n) is 6.71. The minimum atomic E-state index is 0.138. The van der Waals surface area contributed by atoms with Crippen molar-refractivity contribution in [2.45, 2.75) is 44.6 Å². The molecule has 2 rings (SSSR count). The molecule has 0 aliphatic heterocycles. The molecule has 94 valence electrons. The van der Waals surface area contributed by atoms with E-state index in [4.69, 9.17) is 4.74 Å². The van der Waals surface area contributed by atoms with Gasteiger partial charge < -0.3 is 10.1 Å². The molecule has 0 spiro atoms. The molecule has 0 atom stereocenters. The zero-order chi connectivity index (χ0) is 12.1. The topological polar surface area (TPSA) is 21.3 Å². The van der Waals surface area contributed by atoms with E-state index >= 15 is 0 Å². The van der Waals surface area contributed by atoms with Crippen LogP contribution < -0.4 is 10.1 Å². The number of benzene rings is 1. The van der Waals surface area contributed by atoms with Crippen molar-refractivity contribution in [1.82, 2.24) is 5.32 Å². The van der Waals surface area contributed by atoms with Gasteiger partial charge >= 0.3 is 0 Å². The van der Waals surface area contributed by atoms with E-state index in [0.29, 0.717) is 0 Å². The molecule has 1 aliphatic rings. The number of rotatable bonds is 4. The predicted molar refractivity (Wildman–Crippen MR) is 71.4 cm³/mol. The Morgan fingerprint density at radius 3 is 2.53 bits per heavy atom. The van der Waals surface area contributed by atoms with Gasteiger partial charge in [0, 0.05) is 11.1 Å². The summed E-state index contributed by atoms with van der Waals surface area (Å²) in [6.07, 6.45) is 6.43. The molecule has 2 heteroatoms. The maximum Gasteiger partial charge on any atom is 0.123 e. The van der Waals surface area contributed by atoms with E-state index in [0.717, 1.165) is 12.3 Å². The highest BCUT2D eigenvalue weighted by Gasteiger charge is 2.34. The minimum absolute atomic E-state index is 0.138. The maximum absolute atomic E-state index is 5.53. The van der Waals surface area contributed by atoms with Crippen LogP contribution >= 0.6 is 0 Å². The van der Waals surface area contributed by atoms with Crippen LogP contribution in [0.5, 0.6) is 5.75 Å². The lowest BCUT2D eigenvalue weighted by molar-refractivity contribution is 0.230. The summed E-state index contributed by atoms with van der Waals surface area (Å²) in [7, 11) is 1.77. The zero-order valence-electron chi connectivity index (χ0n) is 11.0. The number of para-hydroxylation sites is 1. The van der Waals surface area contributed by atoms with Crippen LogP contribution in [-0.2, 0) is 5.54 Å². The Morgan fingerprint density at radius 1 is 1.18 bits per heavy atom. The van der Waals surface area contributed by atoms with E-state index in [9.17, 15) is 0 Å². The molecular formula is C15H23NO. The van der Waals surface area contributed by atoms with Gasteiger partial charge in [-0.1, -0.05) is 44.4 Å². The standard InChI is InChI=1S/C15H23NO/c1-3-16-15(11-7-4-8-12-15)13-9-5-6-10-14(13)17-2/h5-6,9-10,16H,3-4,7-8,11-12H2,1-2H3. The van der Waals surface area contributed by atoms with Gasteiger partial charge in [-0.05, 0) is 25.5 Å². The van der Waals surface area contributed by atoms with Crippen LogP contribution in [0, 0.1) is 0 Å². The zero-order valence-corrected chi connectivity index (χ0v) is 11.0. The summed E-state index contributed by atoms with van der Waals surface area (Å²) in [6, 6.07) is 8.45. The lowest BCUT2D eigenvalue weighted by atomic mass is 9.76. The third-order valence-electron chi connectivity index (χ3n) is 3.84. The maximum atomic E-state index is 5.53. The van der Waals surface area contributed by atoms with Crippen LogP contribution in [0.4, 0.5) is 0 Å². The average Bonchev–Trinajstić information content (AvgIpc) is 2.40. The molecule has 17 heavy (non-hydrogen) atoms. The summed E-state index contributed by atoms with van der Waals surface area (Å²) >= 11 is 0. The van der Waals surface area contributed by atoms with Crippen LogP contribution in [0.1, 0.15) is 44.6 Å². The minimum Gasteiger partial charge on any atom is -0.496 e. The molecule has 1 fully saturated rings. The SMILES string of the molecule is CCNC1(c2ccccc2OC)CCCCC1. The fourth-order valence-corrected chi connectivity index (χ4v) is 3.08. The van der Waals surface area contributed by atoms with Crippen LogP contribution in [0.25, 0.3) is 0 Å². The molecule has 0 radical (unpaired) electrons. The number of methoxy groups -OCH3 is 1. The third kappa shape index (κ3) is 2.47. The van der Waals surface area contributed by atoms with E-state index in [1.54, 1.807) is 7.11 Å². The van der Waals surface area contributed by atoms with E-state index in [1.165, 1.54) is 37.7 Å². The Hall–Kier alpha value is -1.02. The lowest BCUT2D eigenvalue weighted by Gasteiger charge is -2.39. The smallest absolute Gasteiger partial charge is 0.123 e. The molecule has 0 unspecified atom stereocenters. The van der Waals surface area contributed by atoms with Crippen molar-refractivity contribution in [3.8, 4) is 5.75 Å². The second-order valence-corrected chi connectivity index (χ2v) is 4.87. The molecule has 1 aliphatic carbocycles. The fraction of sp³-hybridized carbons (Fsp3) is 0.600. The molecule has 1 aromatic rings. The van der Waals surface area contributed by atoms with Crippen molar-refractivity contribution in [3.63, 3.8) is 0 Å². The highest BCUT2D eigenvalue weighted by molar-refractivity contribution is 5.39. The van der Waals surface area contributed by atoms with Crippen molar-refractivity contribution in [2.75, 3.05) is 13.7 Å². The Kier molecular flexibility index (Phi) is 4.06. The molecule has 1 N–H and O–H groups in total. The molecule has 1 saturated carbocycles. The molecule has 0 amide bonds. The average molecular weight is 233 g/mol. The van der Waals surface area contributed by atoms with Gasteiger partial charge in [0.2, 0.25) is 0 Å². The number of nitrogens with one attached hydrogen (secondary N) is 1. The van der Waals surface area contributed by atoms with Crippen LogP contribution in [-0.4, -0.2) is 13.7 Å². The predicted octanol–water partition coefficient (Wildman–Crippen LogP) is 3.46. The molecule has 2 nitrogen and oxygen atoms in total. The first-order chi connectivity index (χ1) is 8.32. The van der Waals surface area contributed by atoms with E-state index in [1.807, 2.05) is 6.07 Å². The van der Waals surface area contributed by atoms with Crippen molar-refractivity contribution in [3.05, 3.63) is 29.8 Å². The largest absolute Gasteiger partial charge is 0.496 e. The van der Waals surface area contributed by atoms with Crippen LogP contribution in [0.15, 0.2) is 24.3 Å². The molecule has 0 heterocycles. The lowest BCUT2D eigenvalue weighted by Crippen LogP contribution is -2.44. The molecule has 0 aromatic heterocycles. The Labute approximate surface area is 104 Å². The summed E-state index contributed by atoms with van der Waals surface area (Å²) in [5, 5.41) is 3.71. The third-order valence-corrected chi connectivity index (χ3v) is 3.84. The van der Waals surface area contributed by atoms with Gasteiger partial charge in [-0.2, -0.15) is 0 Å². The molecular weight excluding hydrogens is 210 g/mol. The first-order valence-corrected chi connectivity index (χ1v) is 6.71. The van der Waals surface area contributed by atoms with Gasteiger partial charge in [0.25, 0.3) is 0 Å². The number of ether oxygens (including phenoxy) is 1. The second-order valence-electron chi connectivity index (χ2n) is 4.87. The van der Waals surface area contributed by atoms with Gasteiger partial charge in [-0.25, -0.2) is 0 Å². The Balaban J connectivity index is 2.37. The summed E-state index contributed by atoms with van der Waals surface area (Å²) < 4.78 is 5.53. The number of hydrogen-bond acceptors (Lipinski definition) is 2. The quantitative estimate of drug-likeness (QED) is 0.860. The van der Waals surface area contributed by atoms with Gasteiger partial charge in [0.15, 0.2) is 0 Å². The number of hydrogen-bond donors (Lipinski definition) is 1.